The van der Waals surface area contributed by atoms with Gasteiger partial charge in [-0.15, -0.1) is 11.3 Å². The van der Waals surface area contributed by atoms with Crippen molar-refractivity contribution in [2.75, 3.05) is 13.7 Å². The fourth-order valence-electron chi connectivity index (χ4n) is 3.10. The molecule has 136 valence electrons. The third-order valence-corrected chi connectivity index (χ3v) is 5.55. The van der Waals surface area contributed by atoms with Crippen LogP contribution in [-0.2, 0) is 10.3 Å². The molecule has 0 bridgehead atoms. The van der Waals surface area contributed by atoms with Crippen molar-refractivity contribution < 1.29 is 19.1 Å². The van der Waals surface area contributed by atoms with E-state index in [0.29, 0.717) is 16.9 Å². The highest BCUT2D eigenvalue weighted by Crippen LogP contribution is 2.30. The molecule has 3 rings (SSSR count). The second kappa shape index (κ2) is 6.57. The number of benzene rings is 1. The molecule has 1 aliphatic rings. The summed E-state index contributed by atoms with van der Waals surface area (Å²) in [6.45, 7) is 5.15. The first kappa shape index (κ1) is 18.1. The van der Waals surface area contributed by atoms with Crippen LogP contribution in [0.1, 0.15) is 32.6 Å². The number of Topliss-reactive ketones (excluding diaryl/α,β-unsaturated/α-hetero) is 1. The van der Waals surface area contributed by atoms with Gasteiger partial charge in [0.2, 0.25) is 0 Å². The number of methoxy groups -OCH3 is 1. The number of thiophene rings is 1. The number of nitrogens with one attached hydrogen (secondary N) is 1. The minimum Gasteiger partial charge on any atom is -0.497 e. The number of carbonyl (C=O) groups is 3. The molecular formula is C19H20N2O4S. The first-order valence-corrected chi connectivity index (χ1v) is 8.97. The van der Waals surface area contributed by atoms with Crippen molar-refractivity contribution >= 4 is 29.1 Å². The van der Waals surface area contributed by atoms with Crippen LogP contribution in [0.25, 0.3) is 0 Å². The third-order valence-electron chi connectivity index (χ3n) is 4.59. The van der Waals surface area contributed by atoms with Crippen LogP contribution in [0.5, 0.6) is 5.75 Å². The van der Waals surface area contributed by atoms with Gasteiger partial charge in [0.25, 0.3) is 5.91 Å². The Morgan fingerprint density at radius 1 is 1.23 bits per heavy atom. The lowest BCUT2D eigenvalue weighted by Gasteiger charge is -2.22. The van der Waals surface area contributed by atoms with Crippen molar-refractivity contribution in [3.05, 3.63) is 51.2 Å². The molecule has 0 saturated carbocycles. The highest BCUT2D eigenvalue weighted by Gasteiger charge is 2.49. The second-order valence-electron chi connectivity index (χ2n) is 6.43. The van der Waals surface area contributed by atoms with Crippen LogP contribution >= 0.6 is 11.3 Å². The number of imide groups is 1. The van der Waals surface area contributed by atoms with Crippen molar-refractivity contribution in [1.82, 2.24) is 10.2 Å². The molecule has 2 aromatic rings. The highest BCUT2D eigenvalue weighted by molar-refractivity contribution is 7.12. The molecule has 1 atom stereocenters. The third kappa shape index (κ3) is 2.99. The molecule has 0 unspecified atom stereocenters. The molecule has 1 saturated heterocycles. The minimum atomic E-state index is -1.21. The van der Waals surface area contributed by atoms with E-state index in [1.807, 2.05) is 13.8 Å². The number of ether oxygens (including phenoxy) is 1. The SMILES string of the molecule is COc1ccc([C@]2(C)NC(=O)N(CC(=O)c3cc(C)sc3C)C2=O)cc1. The maximum Gasteiger partial charge on any atom is 0.325 e. The summed E-state index contributed by atoms with van der Waals surface area (Å²) >= 11 is 1.52. The van der Waals surface area contributed by atoms with Crippen LogP contribution in [0.2, 0.25) is 0 Å². The van der Waals surface area contributed by atoms with Gasteiger partial charge >= 0.3 is 6.03 Å². The van der Waals surface area contributed by atoms with Gasteiger partial charge in [0, 0.05) is 15.3 Å². The Balaban J connectivity index is 1.84. The minimum absolute atomic E-state index is 0.241. The summed E-state index contributed by atoms with van der Waals surface area (Å²) in [6.07, 6.45) is 0. The zero-order valence-electron chi connectivity index (χ0n) is 15.1. The van der Waals surface area contributed by atoms with Crippen molar-refractivity contribution in [2.24, 2.45) is 0 Å². The lowest BCUT2D eigenvalue weighted by Crippen LogP contribution is -2.41. The summed E-state index contributed by atoms with van der Waals surface area (Å²) < 4.78 is 5.12. The lowest BCUT2D eigenvalue weighted by molar-refractivity contribution is -0.130. The van der Waals surface area contributed by atoms with E-state index in [4.69, 9.17) is 4.74 Å². The van der Waals surface area contributed by atoms with Gasteiger partial charge in [-0.05, 0) is 44.5 Å². The van der Waals surface area contributed by atoms with Gasteiger partial charge in [-0.3, -0.25) is 14.5 Å². The number of carbonyl (C=O) groups excluding carboxylic acids is 3. The first-order chi connectivity index (χ1) is 12.3. The van der Waals surface area contributed by atoms with Crippen LogP contribution < -0.4 is 10.1 Å². The molecule has 2 heterocycles. The molecule has 1 aromatic carbocycles. The molecule has 1 aliphatic heterocycles. The number of aryl methyl sites for hydroxylation is 2. The molecule has 7 heteroatoms. The lowest BCUT2D eigenvalue weighted by atomic mass is 9.92. The average molecular weight is 372 g/mol. The predicted octanol–water partition coefficient (Wildman–Crippen LogP) is 3.02. The molecule has 26 heavy (non-hydrogen) atoms. The van der Waals surface area contributed by atoms with E-state index in [-0.39, 0.29) is 12.3 Å². The summed E-state index contributed by atoms with van der Waals surface area (Å²) in [5.74, 6) is -0.0237. The van der Waals surface area contributed by atoms with Gasteiger partial charge in [-0.25, -0.2) is 4.79 Å². The Labute approximate surface area is 155 Å². The Morgan fingerprint density at radius 3 is 2.42 bits per heavy atom. The monoisotopic (exact) mass is 372 g/mol. The number of amides is 3. The van der Waals surface area contributed by atoms with Crippen LogP contribution in [0.4, 0.5) is 4.79 Å². The molecule has 1 fully saturated rings. The second-order valence-corrected chi connectivity index (χ2v) is 7.89. The first-order valence-electron chi connectivity index (χ1n) is 8.15. The standard InChI is InChI=1S/C19H20N2O4S/c1-11-9-15(12(2)26-11)16(22)10-21-17(23)19(3,20-18(21)24)13-5-7-14(25-4)8-6-13/h5-9H,10H2,1-4H3,(H,20,24)/t19-/m0/s1. The fraction of sp³-hybridized carbons (Fsp3) is 0.316. The van der Waals surface area contributed by atoms with Crippen molar-refractivity contribution in [2.45, 2.75) is 26.3 Å². The van der Waals surface area contributed by atoms with Gasteiger partial charge in [-0.1, -0.05) is 12.1 Å². The number of rotatable bonds is 5. The summed E-state index contributed by atoms with van der Waals surface area (Å²) in [5.41, 5.74) is -0.0104. The Hall–Kier alpha value is -2.67. The zero-order chi connectivity index (χ0) is 19.1. The van der Waals surface area contributed by atoms with Gasteiger partial charge in [0.1, 0.15) is 11.3 Å². The number of ketones is 1. The summed E-state index contributed by atoms with van der Waals surface area (Å²) in [6, 6.07) is 8.15. The van der Waals surface area contributed by atoms with E-state index in [1.165, 1.54) is 11.3 Å². The number of urea groups is 1. The number of hydrogen-bond donors (Lipinski definition) is 1. The van der Waals surface area contributed by atoms with Gasteiger partial charge in [-0.2, -0.15) is 0 Å². The van der Waals surface area contributed by atoms with Gasteiger partial charge in [0.15, 0.2) is 5.78 Å². The maximum atomic E-state index is 12.9. The molecule has 0 radical (unpaired) electrons. The van der Waals surface area contributed by atoms with Crippen molar-refractivity contribution in [3.8, 4) is 5.75 Å². The van der Waals surface area contributed by atoms with E-state index in [0.717, 1.165) is 14.7 Å². The highest BCUT2D eigenvalue weighted by atomic mass is 32.1. The van der Waals surface area contributed by atoms with Crippen molar-refractivity contribution in [1.29, 1.82) is 0 Å². The smallest absolute Gasteiger partial charge is 0.325 e. The van der Waals surface area contributed by atoms with Crippen LogP contribution in [0.15, 0.2) is 30.3 Å². The van der Waals surface area contributed by atoms with E-state index in [9.17, 15) is 14.4 Å². The molecule has 1 aromatic heterocycles. The quantitative estimate of drug-likeness (QED) is 0.647. The van der Waals surface area contributed by atoms with Crippen LogP contribution in [0, 0.1) is 13.8 Å². The normalized spacial score (nSPS) is 19.6. The Kier molecular flexibility index (Phi) is 4.58. The fourth-order valence-corrected chi connectivity index (χ4v) is 4.04. The number of nitrogens with zero attached hydrogens (tertiary/aromatic N) is 1. The summed E-state index contributed by atoms with van der Waals surface area (Å²) in [4.78, 5) is 40.7. The predicted molar refractivity (Wildman–Crippen MR) is 98.7 cm³/mol. The molecule has 0 aliphatic carbocycles. The zero-order valence-corrected chi connectivity index (χ0v) is 15.9. The van der Waals surface area contributed by atoms with Gasteiger partial charge < -0.3 is 10.1 Å². The van der Waals surface area contributed by atoms with Gasteiger partial charge in [0.05, 0.1) is 13.7 Å². The van der Waals surface area contributed by atoms with E-state index in [1.54, 1.807) is 44.4 Å². The molecule has 0 spiro atoms. The summed E-state index contributed by atoms with van der Waals surface area (Å²) in [5, 5.41) is 2.71. The maximum absolute atomic E-state index is 12.9. The average Bonchev–Trinajstić information content (AvgIpc) is 3.06. The molecule has 3 amide bonds. The molecule has 6 nitrogen and oxygen atoms in total. The summed E-state index contributed by atoms with van der Waals surface area (Å²) in [7, 11) is 1.56. The Morgan fingerprint density at radius 2 is 1.88 bits per heavy atom. The van der Waals surface area contributed by atoms with Crippen LogP contribution in [-0.4, -0.2) is 36.3 Å². The number of hydrogen-bond acceptors (Lipinski definition) is 5. The van der Waals surface area contributed by atoms with Crippen molar-refractivity contribution in [3.63, 3.8) is 0 Å². The van der Waals surface area contributed by atoms with Crippen LogP contribution in [0.3, 0.4) is 0 Å². The van der Waals surface area contributed by atoms with E-state index >= 15 is 0 Å². The molecular weight excluding hydrogens is 352 g/mol. The van der Waals surface area contributed by atoms with E-state index in [2.05, 4.69) is 5.32 Å². The van der Waals surface area contributed by atoms with E-state index < -0.39 is 17.5 Å². The topological polar surface area (TPSA) is 75.7 Å². The largest absolute Gasteiger partial charge is 0.497 e. The molecule has 1 N–H and O–H groups in total. The Bertz CT molecular complexity index is 887.